The Hall–Kier alpha value is -2.95. The van der Waals surface area contributed by atoms with Crippen LogP contribution in [-0.4, -0.2) is 32.9 Å². The fourth-order valence-corrected chi connectivity index (χ4v) is 3.91. The highest BCUT2D eigenvalue weighted by molar-refractivity contribution is 5.79. The van der Waals surface area contributed by atoms with Crippen molar-refractivity contribution in [1.82, 2.24) is 0 Å². The van der Waals surface area contributed by atoms with Crippen LogP contribution < -0.4 is 4.74 Å². The summed E-state index contributed by atoms with van der Waals surface area (Å²) in [6.45, 7) is 7.25. The molecule has 4 nitrogen and oxygen atoms in total. The Balaban J connectivity index is 0.000000440. The summed E-state index contributed by atoms with van der Waals surface area (Å²) < 4.78 is 15.7. The summed E-state index contributed by atoms with van der Waals surface area (Å²) in [5.41, 5.74) is 5.60. The van der Waals surface area contributed by atoms with Crippen molar-refractivity contribution in [3.8, 4) is 5.75 Å². The average molecular weight is 463 g/mol. The van der Waals surface area contributed by atoms with Crippen molar-refractivity contribution in [2.75, 3.05) is 20.3 Å². The van der Waals surface area contributed by atoms with Gasteiger partial charge in [-0.25, -0.2) is 0 Å². The number of aldehydes is 1. The largest absolute Gasteiger partial charge is 0.496 e. The second-order valence-corrected chi connectivity index (χ2v) is 7.88. The molecule has 0 atom stereocenters. The third kappa shape index (κ3) is 9.12. The highest BCUT2D eigenvalue weighted by Crippen LogP contribution is 2.28. The maximum atomic E-state index is 11.6. The minimum atomic E-state index is -0.0370. The zero-order valence-electron chi connectivity index (χ0n) is 21.0. The van der Waals surface area contributed by atoms with Gasteiger partial charge in [-0.3, -0.25) is 4.79 Å². The second-order valence-electron chi connectivity index (χ2n) is 7.88. The van der Waals surface area contributed by atoms with E-state index in [-0.39, 0.29) is 6.29 Å². The third-order valence-corrected chi connectivity index (χ3v) is 5.59. The van der Waals surface area contributed by atoms with Crippen LogP contribution in [0.15, 0.2) is 72.8 Å². The maximum Gasteiger partial charge on any atom is 0.154 e. The molecule has 4 heteroatoms. The van der Waals surface area contributed by atoms with Gasteiger partial charge in [0, 0.05) is 18.8 Å². The molecule has 3 rings (SSSR count). The van der Waals surface area contributed by atoms with Crippen LogP contribution in [0.1, 0.15) is 53.4 Å². The first-order valence-corrected chi connectivity index (χ1v) is 12.1. The van der Waals surface area contributed by atoms with E-state index < -0.39 is 0 Å². The van der Waals surface area contributed by atoms with Crippen molar-refractivity contribution in [1.29, 1.82) is 0 Å². The molecule has 3 aromatic rings. The Morgan fingerprint density at radius 2 is 1.21 bits per heavy atom. The molecule has 0 unspecified atom stereocenters. The van der Waals surface area contributed by atoms with E-state index in [2.05, 4.69) is 48.5 Å². The molecule has 3 aromatic carbocycles. The molecule has 0 amide bonds. The van der Waals surface area contributed by atoms with Crippen LogP contribution in [0.25, 0.3) is 0 Å². The van der Waals surface area contributed by atoms with Crippen molar-refractivity contribution in [2.24, 2.45) is 0 Å². The monoisotopic (exact) mass is 462 g/mol. The number of benzene rings is 3. The van der Waals surface area contributed by atoms with E-state index >= 15 is 0 Å². The summed E-state index contributed by atoms with van der Waals surface area (Å²) in [7, 11) is 1.70. The summed E-state index contributed by atoms with van der Waals surface area (Å²) in [4.78, 5) is 11.6. The van der Waals surface area contributed by atoms with Crippen molar-refractivity contribution in [3.05, 3.63) is 101 Å². The fourth-order valence-electron chi connectivity index (χ4n) is 3.91. The van der Waals surface area contributed by atoms with Gasteiger partial charge in [0.2, 0.25) is 0 Å². The van der Waals surface area contributed by atoms with Crippen LogP contribution in [0.2, 0.25) is 0 Å². The van der Waals surface area contributed by atoms with Gasteiger partial charge in [0.1, 0.15) is 12.0 Å². The van der Waals surface area contributed by atoms with E-state index in [4.69, 9.17) is 14.2 Å². The van der Waals surface area contributed by atoms with Crippen LogP contribution in [0.3, 0.4) is 0 Å². The molecule has 0 fully saturated rings. The van der Waals surface area contributed by atoms with Gasteiger partial charge >= 0.3 is 0 Å². The smallest absolute Gasteiger partial charge is 0.154 e. The molecule has 0 bridgehead atoms. The Labute approximate surface area is 204 Å². The van der Waals surface area contributed by atoms with Crippen LogP contribution >= 0.6 is 0 Å². The van der Waals surface area contributed by atoms with Gasteiger partial charge in [-0.1, -0.05) is 60.7 Å². The highest BCUT2D eigenvalue weighted by atomic mass is 16.7. The molecule has 0 N–H and O–H groups in total. The van der Waals surface area contributed by atoms with E-state index in [0.29, 0.717) is 0 Å². The third-order valence-electron chi connectivity index (χ3n) is 5.59. The number of carbonyl (C=O) groups is 1. The number of carbonyl (C=O) groups excluding carboxylic acids is 1. The SMILES string of the molecule is CCOC(C)OCC.COc1ccc(C=O)c(CCc2ccccc2)c1CCc1ccccc1. The van der Waals surface area contributed by atoms with Crippen LogP contribution in [-0.2, 0) is 35.2 Å². The van der Waals surface area contributed by atoms with Gasteiger partial charge in [-0.05, 0) is 80.8 Å². The zero-order chi connectivity index (χ0) is 24.6. The number of hydrogen-bond acceptors (Lipinski definition) is 4. The summed E-state index contributed by atoms with van der Waals surface area (Å²) in [5.74, 6) is 0.870. The number of aryl methyl sites for hydroxylation is 2. The first kappa shape index (κ1) is 27.3. The standard InChI is InChI=1S/C24H24O2.C6H14O2/c1-26-24-17-14-21(18-25)22(15-12-19-8-4-2-5-9-19)23(24)16-13-20-10-6-3-7-11-20;1-4-7-6(3)8-5-2/h2-11,14,17-18H,12-13,15-16H2,1H3;6H,4-5H2,1-3H3. The molecule has 0 saturated heterocycles. The molecule has 182 valence electrons. The van der Waals surface area contributed by atoms with Gasteiger partial charge in [-0.15, -0.1) is 0 Å². The lowest BCUT2D eigenvalue weighted by Crippen LogP contribution is -2.11. The van der Waals surface area contributed by atoms with Gasteiger partial charge in [0.25, 0.3) is 0 Å². The van der Waals surface area contributed by atoms with E-state index in [9.17, 15) is 4.79 Å². The fraction of sp³-hybridized carbons (Fsp3) is 0.367. The highest BCUT2D eigenvalue weighted by Gasteiger charge is 2.14. The molecule has 34 heavy (non-hydrogen) atoms. The van der Waals surface area contributed by atoms with Crippen molar-refractivity contribution < 1.29 is 19.0 Å². The lowest BCUT2D eigenvalue weighted by atomic mass is 9.91. The van der Waals surface area contributed by atoms with Gasteiger partial charge < -0.3 is 14.2 Å². The molecule has 0 saturated carbocycles. The van der Waals surface area contributed by atoms with E-state index in [1.54, 1.807) is 7.11 Å². The average Bonchev–Trinajstić information content (AvgIpc) is 2.88. The predicted molar refractivity (Wildman–Crippen MR) is 139 cm³/mol. The zero-order valence-corrected chi connectivity index (χ0v) is 21.0. The van der Waals surface area contributed by atoms with Crippen molar-refractivity contribution >= 4 is 6.29 Å². The molecule has 0 radical (unpaired) electrons. The minimum Gasteiger partial charge on any atom is -0.496 e. The normalized spacial score (nSPS) is 10.5. The van der Waals surface area contributed by atoms with Gasteiger partial charge in [0.15, 0.2) is 6.29 Å². The van der Waals surface area contributed by atoms with E-state index in [1.165, 1.54) is 11.1 Å². The topological polar surface area (TPSA) is 44.8 Å². The molecule has 0 heterocycles. The van der Waals surface area contributed by atoms with Gasteiger partial charge in [-0.2, -0.15) is 0 Å². The van der Waals surface area contributed by atoms with E-state index in [0.717, 1.165) is 67.6 Å². The summed E-state index contributed by atoms with van der Waals surface area (Å²) in [6.07, 6.45) is 4.46. The quantitative estimate of drug-likeness (QED) is 0.228. The summed E-state index contributed by atoms with van der Waals surface area (Å²) >= 11 is 0. The number of rotatable bonds is 12. The first-order valence-electron chi connectivity index (χ1n) is 12.1. The molecule has 0 aliphatic carbocycles. The summed E-state index contributed by atoms with van der Waals surface area (Å²) in [5, 5.41) is 0. The first-order chi connectivity index (χ1) is 16.6. The van der Waals surface area contributed by atoms with Gasteiger partial charge in [0.05, 0.1) is 7.11 Å². The molecule has 0 spiro atoms. The number of methoxy groups -OCH3 is 1. The molecule has 0 aliphatic heterocycles. The van der Waals surface area contributed by atoms with Crippen molar-refractivity contribution in [3.63, 3.8) is 0 Å². The lowest BCUT2D eigenvalue weighted by molar-refractivity contribution is -0.123. The number of hydrogen-bond donors (Lipinski definition) is 0. The number of ether oxygens (including phenoxy) is 3. The Bertz CT molecular complexity index is 948. The Morgan fingerprint density at radius 1 is 0.706 bits per heavy atom. The van der Waals surface area contributed by atoms with Crippen LogP contribution in [0.5, 0.6) is 5.75 Å². The predicted octanol–water partition coefficient (Wildman–Crippen LogP) is 6.48. The van der Waals surface area contributed by atoms with Crippen LogP contribution in [0.4, 0.5) is 0 Å². The maximum absolute atomic E-state index is 11.6. The molecule has 0 aliphatic rings. The molecular weight excluding hydrogens is 424 g/mol. The van der Waals surface area contributed by atoms with Crippen molar-refractivity contribution in [2.45, 2.75) is 52.7 Å². The summed E-state index contributed by atoms with van der Waals surface area (Å²) in [6, 6.07) is 24.6. The second kappa shape index (κ2) is 15.8. The lowest BCUT2D eigenvalue weighted by Gasteiger charge is -2.16. The Morgan fingerprint density at radius 3 is 1.65 bits per heavy atom. The molecular formula is C30H38O4. The van der Waals surface area contributed by atoms with Crippen LogP contribution in [0, 0.1) is 0 Å². The minimum absolute atomic E-state index is 0.0370. The Kier molecular flexibility index (Phi) is 12.7. The van der Waals surface area contributed by atoms with E-state index in [1.807, 2.05) is 45.0 Å². The molecule has 0 aromatic heterocycles.